The van der Waals surface area contributed by atoms with Crippen LogP contribution >= 0.6 is 11.3 Å². The number of hydrogen-bond acceptors (Lipinski definition) is 4. The Kier molecular flexibility index (Phi) is 4.21. The molecular formula is C20H18N4S. The number of nitrogens with zero attached hydrogens (tertiary/aromatic N) is 3. The highest BCUT2D eigenvalue weighted by Gasteiger charge is 2.23. The molecule has 2 heterocycles. The molecule has 4 rings (SSSR count). The number of aliphatic imine (C=N–C) groups is 1. The Balaban J connectivity index is 1.68. The van der Waals surface area contributed by atoms with Crippen molar-refractivity contribution in [2.45, 2.75) is 26.2 Å². The Morgan fingerprint density at radius 3 is 3.00 bits per heavy atom. The van der Waals surface area contributed by atoms with E-state index in [1.165, 1.54) is 10.4 Å². The van der Waals surface area contributed by atoms with Gasteiger partial charge in [0.05, 0.1) is 17.5 Å². The van der Waals surface area contributed by atoms with Crippen LogP contribution in [0.1, 0.15) is 34.9 Å². The number of nitrogens with one attached hydrogen (secondary N) is 1. The summed E-state index contributed by atoms with van der Waals surface area (Å²) in [5.74, 6) is 0.688. The molecule has 0 saturated heterocycles. The first-order chi connectivity index (χ1) is 12.3. The Morgan fingerprint density at radius 1 is 1.36 bits per heavy atom. The highest BCUT2D eigenvalue weighted by molar-refractivity contribution is 7.16. The molecule has 4 nitrogen and oxygen atoms in total. The molecule has 0 bridgehead atoms. The zero-order valence-electron chi connectivity index (χ0n) is 14.0. The van der Waals surface area contributed by atoms with Crippen LogP contribution in [0.3, 0.4) is 0 Å². The Bertz CT molecular complexity index is 959. The van der Waals surface area contributed by atoms with E-state index >= 15 is 0 Å². The third-order valence-electron chi connectivity index (χ3n) is 4.66. The van der Waals surface area contributed by atoms with Crippen LogP contribution in [0.5, 0.6) is 0 Å². The van der Waals surface area contributed by atoms with E-state index in [0.29, 0.717) is 5.92 Å². The van der Waals surface area contributed by atoms with Gasteiger partial charge in [-0.3, -0.25) is 5.10 Å². The number of aromatic amines is 1. The summed E-state index contributed by atoms with van der Waals surface area (Å²) in [4.78, 5) is 5.98. The van der Waals surface area contributed by atoms with Gasteiger partial charge < -0.3 is 0 Å². The number of aromatic nitrogens is 2. The topological polar surface area (TPSA) is 64.8 Å². The quantitative estimate of drug-likeness (QED) is 0.687. The van der Waals surface area contributed by atoms with Crippen LogP contribution in [0.2, 0.25) is 0 Å². The van der Waals surface area contributed by atoms with E-state index < -0.39 is 0 Å². The molecule has 124 valence electrons. The second-order valence-electron chi connectivity index (χ2n) is 6.47. The number of hydrogen-bond donors (Lipinski definition) is 1. The van der Waals surface area contributed by atoms with Crippen LogP contribution in [-0.2, 0) is 12.8 Å². The van der Waals surface area contributed by atoms with Crippen LogP contribution in [0.4, 0.5) is 5.00 Å². The molecule has 1 aliphatic rings. The average molecular weight is 346 g/mol. The lowest BCUT2D eigenvalue weighted by Gasteiger charge is -2.17. The van der Waals surface area contributed by atoms with Crippen molar-refractivity contribution in [2.24, 2.45) is 10.9 Å². The predicted molar refractivity (Wildman–Crippen MR) is 102 cm³/mol. The van der Waals surface area contributed by atoms with Crippen molar-refractivity contribution in [3.05, 3.63) is 58.1 Å². The highest BCUT2D eigenvalue weighted by atomic mass is 32.1. The number of H-pyrrole nitrogens is 1. The van der Waals surface area contributed by atoms with Crippen LogP contribution in [0.15, 0.2) is 41.5 Å². The Morgan fingerprint density at radius 2 is 2.20 bits per heavy atom. The van der Waals surface area contributed by atoms with Crippen molar-refractivity contribution in [3.63, 3.8) is 0 Å². The number of benzene rings is 1. The lowest BCUT2D eigenvalue weighted by atomic mass is 9.89. The van der Waals surface area contributed by atoms with Gasteiger partial charge >= 0.3 is 0 Å². The molecule has 3 aromatic rings. The molecule has 1 atom stereocenters. The van der Waals surface area contributed by atoms with Gasteiger partial charge in [0.2, 0.25) is 0 Å². The maximum absolute atomic E-state index is 9.58. The van der Waals surface area contributed by atoms with Gasteiger partial charge in [-0.2, -0.15) is 10.4 Å². The monoisotopic (exact) mass is 346 g/mol. The summed E-state index contributed by atoms with van der Waals surface area (Å²) in [6.45, 7) is 2.27. The summed E-state index contributed by atoms with van der Waals surface area (Å²) < 4.78 is 0. The highest BCUT2D eigenvalue weighted by Crippen LogP contribution is 2.40. The third kappa shape index (κ3) is 3.01. The number of nitriles is 1. The molecule has 0 saturated carbocycles. The van der Waals surface area contributed by atoms with Gasteiger partial charge in [0.25, 0.3) is 0 Å². The maximum Gasteiger partial charge on any atom is 0.134 e. The number of thiophene rings is 1. The van der Waals surface area contributed by atoms with Crippen LogP contribution < -0.4 is 0 Å². The molecule has 0 radical (unpaired) electrons. The minimum atomic E-state index is 0.688. The van der Waals surface area contributed by atoms with Gasteiger partial charge in [-0.15, -0.1) is 11.3 Å². The van der Waals surface area contributed by atoms with Crippen molar-refractivity contribution < 1.29 is 0 Å². The van der Waals surface area contributed by atoms with Crippen LogP contribution in [0, 0.1) is 17.2 Å². The molecular weight excluding hydrogens is 328 g/mol. The lowest BCUT2D eigenvalue weighted by molar-refractivity contribution is 0.507. The fourth-order valence-corrected chi connectivity index (χ4v) is 4.61. The molecule has 1 unspecified atom stereocenters. The van der Waals surface area contributed by atoms with Crippen molar-refractivity contribution in [1.29, 1.82) is 5.26 Å². The van der Waals surface area contributed by atoms with Crippen molar-refractivity contribution in [3.8, 4) is 17.3 Å². The SMILES string of the molecule is CC1CCc2c(sc(/N=C/c3cn[nH]c3-c3ccccc3)c2C#N)C1. The van der Waals surface area contributed by atoms with Gasteiger partial charge in [0, 0.05) is 22.2 Å². The maximum atomic E-state index is 9.58. The summed E-state index contributed by atoms with van der Waals surface area (Å²) in [6, 6.07) is 12.4. The Labute approximate surface area is 150 Å². The summed E-state index contributed by atoms with van der Waals surface area (Å²) >= 11 is 1.66. The van der Waals surface area contributed by atoms with Crippen molar-refractivity contribution >= 4 is 22.6 Å². The van der Waals surface area contributed by atoms with Crippen LogP contribution in [-0.4, -0.2) is 16.4 Å². The van der Waals surface area contributed by atoms with Gasteiger partial charge in [-0.1, -0.05) is 37.3 Å². The van der Waals surface area contributed by atoms with Gasteiger partial charge in [0.15, 0.2) is 0 Å². The molecule has 0 aliphatic heterocycles. The minimum Gasteiger partial charge on any atom is -0.277 e. The first-order valence-electron chi connectivity index (χ1n) is 8.43. The third-order valence-corrected chi connectivity index (χ3v) is 5.82. The molecule has 1 aromatic carbocycles. The largest absolute Gasteiger partial charge is 0.277 e. The van der Waals surface area contributed by atoms with E-state index in [2.05, 4.69) is 28.2 Å². The standard InChI is InChI=1S/C20H18N4S/c1-13-7-8-16-17(10-21)20(25-18(16)9-13)22-11-15-12-23-24-19(15)14-5-3-2-4-6-14/h2-6,11-13H,7-9H2,1H3,(H,23,24)/b22-11+. The lowest BCUT2D eigenvalue weighted by Crippen LogP contribution is -2.09. The van der Waals surface area contributed by atoms with E-state index in [1.54, 1.807) is 17.5 Å². The van der Waals surface area contributed by atoms with Gasteiger partial charge in [-0.05, 0) is 30.7 Å². The molecule has 2 aromatic heterocycles. The molecule has 1 N–H and O–H groups in total. The first kappa shape index (κ1) is 15.8. The van der Waals surface area contributed by atoms with E-state index in [4.69, 9.17) is 0 Å². The Hall–Kier alpha value is -2.71. The second-order valence-corrected chi connectivity index (χ2v) is 7.55. The normalized spacial score (nSPS) is 16.7. The second kappa shape index (κ2) is 6.66. The van der Waals surface area contributed by atoms with E-state index in [0.717, 1.165) is 46.6 Å². The molecule has 5 heteroatoms. The minimum absolute atomic E-state index is 0.688. The molecule has 0 amide bonds. The van der Waals surface area contributed by atoms with Gasteiger partial charge in [-0.25, -0.2) is 4.99 Å². The first-order valence-corrected chi connectivity index (χ1v) is 9.25. The summed E-state index contributed by atoms with van der Waals surface area (Å²) in [6.07, 6.45) is 6.79. The summed E-state index contributed by atoms with van der Waals surface area (Å²) in [5.41, 5.74) is 4.91. The smallest absolute Gasteiger partial charge is 0.134 e. The molecule has 0 spiro atoms. The zero-order valence-corrected chi connectivity index (χ0v) is 14.8. The molecule has 25 heavy (non-hydrogen) atoms. The molecule has 1 aliphatic carbocycles. The zero-order chi connectivity index (χ0) is 17.2. The van der Waals surface area contributed by atoms with E-state index in [9.17, 15) is 5.26 Å². The predicted octanol–water partition coefficient (Wildman–Crippen LogP) is 4.89. The summed E-state index contributed by atoms with van der Waals surface area (Å²) in [7, 11) is 0. The fraction of sp³-hybridized carbons (Fsp3) is 0.250. The van der Waals surface area contributed by atoms with Crippen molar-refractivity contribution in [1.82, 2.24) is 10.2 Å². The number of rotatable bonds is 3. The average Bonchev–Trinajstić information content (AvgIpc) is 3.24. The van der Waals surface area contributed by atoms with E-state index in [1.807, 2.05) is 36.5 Å². The van der Waals surface area contributed by atoms with Gasteiger partial charge in [0.1, 0.15) is 11.1 Å². The fourth-order valence-electron chi connectivity index (χ4n) is 3.30. The summed E-state index contributed by atoms with van der Waals surface area (Å²) in [5, 5.41) is 17.6. The van der Waals surface area contributed by atoms with E-state index in [-0.39, 0.29) is 0 Å². The number of fused-ring (bicyclic) bond motifs is 1. The molecule has 0 fully saturated rings. The van der Waals surface area contributed by atoms with Crippen LogP contribution in [0.25, 0.3) is 11.3 Å². The van der Waals surface area contributed by atoms with Crippen molar-refractivity contribution in [2.75, 3.05) is 0 Å².